The van der Waals surface area contributed by atoms with Gasteiger partial charge in [0.05, 0.1) is 34.6 Å². The van der Waals surface area contributed by atoms with Crippen LogP contribution in [0.5, 0.6) is 5.75 Å². The van der Waals surface area contributed by atoms with E-state index in [0.29, 0.717) is 10.6 Å². The summed E-state index contributed by atoms with van der Waals surface area (Å²) in [4.78, 5) is 10.5. The van der Waals surface area contributed by atoms with Crippen molar-refractivity contribution in [1.29, 1.82) is 0 Å². The number of para-hydroxylation sites is 2. The molecule has 1 aromatic heterocycles. The van der Waals surface area contributed by atoms with Crippen molar-refractivity contribution in [3.63, 3.8) is 0 Å². The summed E-state index contributed by atoms with van der Waals surface area (Å²) in [6.45, 7) is 0.455. The fourth-order valence-electron chi connectivity index (χ4n) is 2.27. The van der Waals surface area contributed by atoms with Crippen LogP contribution in [0.25, 0.3) is 10.2 Å². The number of non-ortho nitro benzene ring substituents is 1. The number of aromatic nitrogens is 1. The minimum atomic E-state index is -0.403. The molecule has 0 aliphatic heterocycles. The van der Waals surface area contributed by atoms with Crippen LogP contribution in [0.3, 0.4) is 0 Å². The van der Waals surface area contributed by atoms with Gasteiger partial charge in [0.2, 0.25) is 0 Å². The highest BCUT2D eigenvalue weighted by Gasteiger charge is 2.11. The molecular formula is C15H13N3O3S2. The largest absolute Gasteiger partial charge is 0.495 e. The third-order valence-corrected chi connectivity index (χ3v) is 4.81. The normalized spacial score (nSPS) is 10.7. The van der Waals surface area contributed by atoms with Gasteiger partial charge < -0.3 is 14.6 Å². The number of rotatable bonds is 5. The second kappa shape index (κ2) is 6.35. The fourth-order valence-corrected chi connectivity index (χ4v) is 3.63. The van der Waals surface area contributed by atoms with E-state index in [4.69, 9.17) is 17.0 Å². The molecule has 0 saturated heterocycles. The molecule has 1 heterocycles. The highest BCUT2D eigenvalue weighted by Crippen LogP contribution is 2.28. The number of anilines is 1. The monoisotopic (exact) mass is 347 g/mol. The first-order valence-electron chi connectivity index (χ1n) is 6.75. The van der Waals surface area contributed by atoms with Gasteiger partial charge in [0.15, 0.2) is 3.95 Å². The van der Waals surface area contributed by atoms with Crippen LogP contribution in [0.15, 0.2) is 42.5 Å². The second-order valence-electron chi connectivity index (χ2n) is 4.74. The lowest BCUT2D eigenvalue weighted by Gasteiger charge is -2.12. The Morgan fingerprint density at radius 1 is 1.35 bits per heavy atom. The predicted octanol–water partition coefficient (Wildman–Crippen LogP) is 4.42. The summed E-state index contributed by atoms with van der Waals surface area (Å²) < 4.78 is 8.67. The Morgan fingerprint density at radius 2 is 2.13 bits per heavy atom. The molecule has 6 nitrogen and oxygen atoms in total. The molecule has 0 amide bonds. The van der Waals surface area contributed by atoms with Crippen LogP contribution in [0.1, 0.15) is 0 Å². The van der Waals surface area contributed by atoms with Crippen molar-refractivity contribution in [2.75, 3.05) is 12.4 Å². The molecule has 1 N–H and O–H groups in total. The van der Waals surface area contributed by atoms with Crippen molar-refractivity contribution in [3.8, 4) is 5.75 Å². The van der Waals surface area contributed by atoms with Crippen molar-refractivity contribution in [2.45, 2.75) is 6.67 Å². The van der Waals surface area contributed by atoms with Gasteiger partial charge in [-0.3, -0.25) is 10.1 Å². The van der Waals surface area contributed by atoms with E-state index < -0.39 is 4.92 Å². The predicted molar refractivity (Wildman–Crippen MR) is 93.9 cm³/mol. The lowest BCUT2D eigenvalue weighted by molar-refractivity contribution is -0.384. The molecule has 2 aromatic carbocycles. The van der Waals surface area contributed by atoms with Crippen molar-refractivity contribution in [2.24, 2.45) is 0 Å². The standard InChI is InChI=1S/C15H13N3O3S2/c1-21-13-5-3-2-4-11(13)16-9-17-12-7-6-10(18(19)20)8-14(12)23-15(17)22/h2-8,16H,9H2,1H3. The highest BCUT2D eigenvalue weighted by molar-refractivity contribution is 7.73. The molecule has 3 aromatic rings. The van der Waals surface area contributed by atoms with E-state index in [-0.39, 0.29) is 5.69 Å². The Labute approximate surface area is 141 Å². The molecule has 8 heteroatoms. The topological polar surface area (TPSA) is 69.3 Å². The van der Waals surface area contributed by atoms with Gasteiger partial charge in [0, 0.05) is 12.1 Å². The third-order valence-electron chi connectivity index (χ3n) is 3.40. The zero-order chi connectivity index (χ0) is 16.4. The molecule has 0 spiro atoms. The number of thiazole rings is 1. The number of nitro benzene ring substituents is 1. The number of methoxy groups -OCH3 is 1. The molecule has 3 rings (SSSR count). The van der Waals surface area contributed by atoms with Crippen LogP contribution in [-0.4, -0.2) is 16.6 Å². The van der Waals surface area contributed by atoms with Crippen LogP contribution in [0.4, 0.5) is 11.4 Å². The Morgan fingerprint density at radius 3 is 2.87 bits per heavy atom. The molecule has 0 aliphatic carbocycles. The Kier molecular flexibility index (Phi) is 4.26. The number of ether oxygens (including phenoxy) is 1. The van der Waals surface area contributed by atoms with E-state index in [0.717, 1.165) is 21.7 Å². The Bertz CT molecular complexity index is 933. The number of benzene rings is 2. The fraction of sp³-hybridized carbons (Fsp3) is 0.133. The van der Waals surface area contributed by atoms with Crippen LogP contribution < -0.4 is 10.1 Å². The number of hydrogen-bond acceptors (Lipinski definition) is 6. The molecule has 0 atom stereocenters. The summed E-state index contributed by atoms with van der Waals surface area (Å²) in [5.41, 5.74) is 1.80. The third kappa shape index (κ3) is 3.03. The van der Waals surface area contributed by atoms with Crippen LogP contribution in [0.2, 0.25) is 0 Å². The van der Waals surface area contributed by atoms with Gasteiger partial charge in [-0.2, -0.15) is 0 Å². The summed E-state index contributed by atoms with van der Waals surface area (Å²) >= 11 is 6.74. The summed E-state index contributed by atoms with van der Waals surface area (Å²) in [7, 11) is 1.62. The van der Waals surface area contributed by atoms with Crippen LogP contribution in [-0.2, 0) is 6.67 Å². The average molecular weight is 347 g/mol. The van der Waals surface area contributed by atoms with Crippen molar-refractivity contribution >= 4 is 45.1 Å². The van der Waals surface area contributed by atoms with Gasteiger partial charge in [-0.25, -0.2) is 0 Å². The van der Waals surface area contributed by atoms with Crippen LogP contribution >= 0.6 is 23.6 Å². The number of nitrogens with one attached hydrogen (secondary N) is 1. The first kappa shape index (κ1) is 15.4. The minimum absolute atomic E-state index is 0.0681. The van der Waals surface area contributed by atoms with E-state index in [1.165, 1.54) is 17.4 Å². The molecule has 0 radical (unpaired) electrons. The molecule has 0 bridgehead atoms. The zero-order valence-electron chi connectivity index (χ0n) is 12.2. The van der Waals surface area contributed by atoms with Gasteiger partial charge in [0.1, 0.15) is 5.75 Å². The van der Waals surface area contributed by atoms with E-state index in [9.17, 15) is 10.1 Å². The van der Waals surface area contributed by atoms with Gasteiger partial charge in [-0.05, 0) is 30.4 Å². The molecule has 0 aliphatic rings. The van der Waals surface area contributed by atoms with E-state index in [1.54, 1.807) is 19.2 Å². The van der Waals surface area contributed by atoms with Gasteiger partial charge in [-0.15, -0.1) is 11.3 Å². The molecular weight excluding hydrogens is 334 g/mol. The molecule has 118 valence electrons. The zero-order valence-corrected chi connectivity index (χ0v) is 13.8. The maximum atomic E-state index is 10.9. The van der Waals surface area contributed by atoms with E-state index in [1.807, 2.05) is 28.8 Å². The smallest absolute Gasteiger partial charge is 0.270 e. The number of nitro groups is 1. The lowest BCUT2D eigenvalue weighted by atomic mass is 10.3. The highest BCUT2D eigenvalue weighted by atomic mass is 32.1. The lowest BCUT2D eigenvalue weighted by Crippen LogP contribution is -2.08. The quantitative estimate of drug-likeness (QED) is 0.420. The second-order valence-corrected chi connectivity index (χ2v) is 6.42. The summed E-state index contributed by atoms with van der Waals surface area (Å²) in [6.07, 6.45) is 0. The summed E-state index contributed by atoms with van der Waals surface area (Å²) in [5.74, 6) is 0.745. The average Bonchev–Trinajstić information content (AvgIpc) is 2.87. The number of nitrogens with zero attached hydrogens (tertiary/aromatic N) is 2. The maximum Gasteiger partial charge on any atom is 0.270 e. The van der Waals surface area contributed by atoms with E-state index in [2.05, 4.69) is 5.32 Å². The molecule has 0 fully saturated rings. The van der Waals surface area contributed by atoms with Crippen molar-refractivity contribution < 1.29 is 9.66 Å². The van der Waals surface area contributed by atoms with Crippen molar-refractivity contribution in [3.05, 3.63) is 56.5 Å². The number of fused-ring (bicyclic) bond motifs is 1. The number of hydrogen-bond donors (Lipinski definition) is 1. The maximum absolute atomic E-state index is 10.9. The molecule has 0 saturated carbocycles. The molecule has 0 unspecified atom stereocenters. The SMILES string of the molecule is COc1ccccc1NCn1c(=S)sc2cc([N+](=O)[O-])ccc21. The van der Waals surface area contributed by atoms with E-state index >= 15 is 0 Å². The first-order chi connectivity index (χ1) is 11.1. The summed E-state index contributed by atoms with van der Waals surface area (Å²) in [6, 6.07) is 12.4. The Balaban J connectivity index is 1.93. The minimum Gasteiger partial charge on any atom is -0.495 e. The first-order valence-corrected chi connectivity index (χ1v) is 7.97. The molecule has 23 heavy (non-hydrogen) atoms. The van der Waals surface area contributed by atoms with Gasteiger partial charge >= 0.3 is 0 Å². The van der Waals surface area contributed by atoms with Gasteiger partial charge in [0.25, 0.3) is 5.69 Å². The van der Waals surface area contributed by atoms with Crippen LogP contribution in [0, 0.1) is 14.1 Å². The Hall–Kier alpha value is -2.45. The van der Waals surface area contributed by atoms with Crippen molar-refractivity contribution in [1.82, 2.24) is 4.57 Å². The summed E-state index contributed by atoms with van der Waals surface area (Å²) in [5, 5.41) is 14.1. The van der Waals surface area contributed by atoms with Gasteiger partial charge in [-0.1, -0.05) is 12.1 Å².